The zero-order valence-electron chi connectivity index (χ0n) is 19.5. The van der Waals surface area contributed by atoms with Gasteiger partial charge < -0.3 is 20.1 Å². The van der Waals surface area contributed by atoms with Crippen molar-refractivity contribution in [1.82, 2.24) is 25.0 Å². The number of nitrogens with one attached hydrogen (secondary N) is 1. The molecule has 0 bridgehead atoms. The van der Waals surface area contributed by atoms with Crippen LogP contribution in [0.5, 0.6) is 5.75 Å². The summed E-state index contributed by atoms with van der Waals surface area (Å²) >= 11 is 0. The molecule has 2 N–H and O–H groups in total. The number of benzene rings is 2. The van der Waals surface area contributed by atoms with Crippen molar-refractivity contribution in [3.63, 3.8) is 0 Å². The molecule has 1 aliphatic rings. The monoisotopic (exact) mass is 477 g/mol. The van der Waals surface area contributed by atoms with E-state index >= 15 is 0 Å². The summed E-state index contributed by atoms with van der Waals surface area (Å²) in [6.07, 6.45) is 1.60. The van der Waals surface area contributed by atoms with Gasteiger partial charge in [0.2, 0.25) is 5.91 Å². The van der Waals surface area contributed by atoms with Crippen LogP contribution in [-0.4, -0.2) is 62.9 Å². The fourth-order valence-electron chi connectivity index (χ4n) is 4.03. The van der Waals surface area contributed by atoms with E-state index in [4.69, 9.17) is 4.74 Å². The molecule has 10 heteroatoms. The van der Waals surface area contributed by atoms with Crippen LogP contribution < -0.4 is 10.1 Å². The summed E-state index contributed by atoms with van der Waals surface area (Å²) in [5, 5.41) is 21.0. The lowest BCUT2D eigenvalue weighted by atomic mass is 10.0. The molecule has 0 spiro atoms. The van der Waals surface area contributed by atoms with Crippen molar-refractivity contribution in [3.05, 3.63) is 66.0 Å². The minimum atomic E-state index is -1.13. The third-order valence-electron chi connectivity index (χ3n) is 5.84. The zero-order chi connectivity index (χ0) is 24.9. The molecule has 2 heterocycles. The number of fused-ring (bicyclic) bond motifs is 1. The highest BCUT2D eigenvalue weighted by Crippen LogP contribution is 2.30. The van der Waals surface area contributed by atoms with Gasteiger partial charge in [-0.25, -0.2) is 9.59 Å². The highest BCUT2D eigenvalue weighted by molar-refractivity contribution is 5.86. The number of carbonyl (C=O) groups is 3. The van der Waals surface area contributed by atoms with Crippen molar-refractivity contribution in [2.75, 3.05) is 14.1 Å². The van der Waals surface area contributed by atoms with Gasteiger partial charge in [-0.1, -0.05) is 42.5 Å². The average molecular weight is 478 g/mol. The summed E-state index contributed by atoms with van der Waals surface area (Å²) < 4.78 is 7.01. The number of carboxylic acids is 1. The van der Waals surface area contributed by atoms with Crippen molar-refractivity contribution in [2.45, 2.75) is 37.8 Å². The number of aliphatic carboxylic acids is 1. The van der Waals surface area contributed by atoms with Gasteiger partial charge in [-0.2, -0.15) is 0 Å². The van der Waals surface area contributed by atoms with Crippen molar-refractivity contribution in [2.24, 2.45) is 0 Å². The molecule has 0 radical (unpaired) electrons. The fraction of sp³-hybridized carbons (Fsp3) is 0.320. The molecule has 2 atom stereocenters. The van der Waals surface area contributed by atoms with Crippen LogP contribution in [0.15, 0.2) is 54.6 Å². The minimum Gasteiger partial charge on any atom is -0.480 e. The number of aromatic nitrogens is 3. The number of carboxylic acid groups (broad SMARTS) is 1. The second-order valence-electron chi connectivity index (χ2n) is 8.59. The van der Waals surface area contributed by atoms with Crippen molar-refractivity contribution < 1.29 is 24.2 Å². The molecule has 10 nitrogen and oxygen atoms in total. The van der Waals surface area contributed by atoms with Crippen LogP contribution in [0, 0.1) is 0 Å². The predicted octanol–water partition coefficient (Wildman–Crippen LogP) is 2.70. The molecular formula is C25H27N5O5. The number of hydrogen-bond acceptors (Lipinski definition) is 6. The molecular weight excluding hydrogens is 450 g/mol. The topological polar surface area (TPSA) is 127 Å². The Morgan fingerprint density at radius 3 is 2.49 bits per heavy atom. The number of hydrogen-bond donors (Lipinski definition) is 2. The molecule has 2 aromatic carbocycles. The molecule has 1 aliphatic heterocycles. The molecule has 0 aliphatic carbocycles. The van der Waals surface area contributed by atoms with Gasteiger partial charge >= 0.3 is 12.1 Å². The number of aryl methyl sites for hydroxylation is 1. The lowest BCUT2D eigenvalue weighted by Gasteiger charge is -2.27. The molecule has 2 unspecified atom stereocenters. The lowest BCUT2D eigenvalue weighted by Crippen LogP contribution is -2.46. The van der Waals surface area contributed by atoms with Crippen LogP contribution >= 0.6 is 0 Å². The Balaban J connectivity index is 1.49. The molecule has 4 rings (SSSR count). The van der Waals surface area contributed by atoms with Crippen LogP contribution in [0.1, 0.15) is 30.3 Å². The first-order valence-electron chi connectivity index (χ1n) is 11.3. The summed E-state index contributed by atoms with van der Waals surface area (Å²) in [6.45, 7) is 0. The highest BCUT2D eigenvalue weighted by Gasteiger charge is 2.32. The van der Waals surface area contributed by atoms with Gasteiger partial charge in [0.05, 0.1) is 0 Å². The molecule has 0 saturated heterocycles. The van der Waals surface area contributed by atoms with E-state index in [0.29, 0.717) is 35.8 Å². The van der Waals surface area contributed by atoms with Crippen molar-refractivity contribution in [1.29, 1.82) is 0 Å². The van der Waals surface area contributed by atoms with E-state index in [-0.39, 0.29) is 12.3 Å². The van der Waals surface area contributed by atoms with E-state index in [2.05, 4.69) is 15.5 Å². The third-order valence-corrected chi connectivity index (χ3v) is 5.84. The SMILES string of the molecule is CN(C)C(=O)Oc1ccc(CC(NC(=O)C2CCCc3nnc(-c4ccccc4)n32)C(=O)O)cc1. The Labute approximate surface area is 202 Å². The number of nitrogens with zero attached hydrogens (tertiary/aromatic N) is 4. The van der Waals surface area contributed by atoms with Crippen LogP contribution in [0.4, 0.5) is 4.79 Å². The van der Waals surface area contributed by atoms with Gasteiger partial charge in [-0.15, -0.1) is 10.2 Å². The Morgan fingerprint density at radius 1 is 1.11 bits per heavy atom. The predicted molar refractivity (Wildman–Crippen MR) is 127 cm³/mol. The summed E-state index contributed by atoms with van der Waals surface area (Å²) in [7, 11) is 3.16. The largest absolute Gasteiger partial charge is 0.480 e. The molecule has 0 saturated carbocycles. The van der Waals surface area contributed by atoms with E-state index in [1.807, 2.05) is 34.9 Å². The zero-order valence-corrected chi connectivity index (χ0v) is 19.5. The van der Waals surface area contributed by atoms with Gasteiger partial charge in [0.25, 0.3) is 0 Å². The van der Waals surface area contributed by atoms with Crippen LogP contribution in [-0.2, 0) is 22.4 Å². The van der Waals surface area contributed by atoms with Gasteiger partial charge in [-0.3, -0.25) is 9.36 Å². The smallest absolute Gasteiger partial charge is 0.414 e. The first-order chi connectivity index (χ1) is 16.8. The van der Waals surface area contributed by atoms with Gasteiger partial charge in [0.1, 0.15) is 23.7 Å². The number of carbonyl (C=O) groups excluding carboxylic acids is 2. The summed E-state index contributed by atoms with van der Waals surface area (Å²) in [5.41, 5.74) is 1.52. The Morgan fingerprint density at radius 2 is 1.83 bits per heavy atom. The maximum Gasteiger partial charge on any atom is 0.414 e. The van der Waals surface area contributed by atoms with E-state index in [1.165, 1.54) is 4.90 Å². The standard InChI is InChI=1S/C25H27N5O5/c1-29(2)25(34)35-18-13-11-16(12-14-18)15-19(24(32)33)26-23(31)20-9-6-10-21-27-28-22(30(20)21)17-7-4-3-5-8-17/h3-5,7-8,11-14,19-20H,6,9-10,15H2,1-2H3,(H,26,31)(H,32,33). The highest BCUT2D eigenvalue weighted by atomic mass is 16.6. The van der Waals surface area contributed by atoms with E-state index in [9.17, 15) is 19.5 Å². The first kappa shape index (κ1) is 23.9. The molecule has 3 aromatic rings. The Kier molecular flexibility index (Phi) is 7.09. The van der Waals surface area contributed by atoms with Gasteiger partial charge in [-0.05, 0) is 30.5 Å². The molecule has 2 amide bonds. The van der Waals surface area contributed by atoms with E-state index in [1.54, 1.807) is 38.4 Å². The molecule has 35 heavy (non-hydrogen) atoms. The molecule has 182 valence electrons. The third kappa shape index (κ3) is 5.48. The normalized spacial score (nSPS) is 15.5. The second-order valence-corrected chi connectivity index (χ2v) is 8.59. The molecule has 1 aromatic heterocycles. The molecule has 0 fully saturated rings. The van der Waals surface area contributed by atoms with E-state index in [0.717, 1.165) is 12.0 Å². The quantitative estimate of drug-likeness (QED) is 0.536. The van der Waals surface area contributed by atoms with Crippen molar-refractivity contribution >= 4 is 18.0 Å². The maximum absolute atomic E-state index is 13.3. The minimum absolute atomic E-state index is 0.0796. The van der Waals surface area contributed by atoms with Gasteiger partial charge in [0, 0.05) is 32.5 Å². The summed E-state index contributed by atoms with van der Waals surface area (Å²) in [5.74, 6) is 0.135. The summed E-state index contributed by atoms with van der Waals surface area (Å²) in [4.78, 5) is 38.2. The maximum atomic E-state index is 13.3. The first-order valence-corrected chi connectivity index (χ1v) is 11.3. The fourth-order valence-corrected chi connectivity index (χ4v) is 4.03. The number of ether oxygens (including phenoxy) is 1. The van der Waals surface area contributed by atoms with E-state index < -0.39 is 24.1 Å². The Bertz CT molecular complexity index is 1210. The van der Waals surface area contributed by atoms with Crippen LogP contribution in [0.25, 0.3) is 11.4 Å². The van der Waals surface area contributed by atoms with Crippen LogP contribution in [0.2, 0.25) is 0 Å². The number of amides is 2. The summed E-state index contributed by atoms with van der Waals surface area (Å²) in [6, 6.07) is 14.3. The second kappa shape index (κ2) is 10.4. The number of rotatable bonds is 7. The van der Waals surface area contributed by atoms with Gasteiger partial charge in [0.15, 0.2) is 5.82 Å². The average Bonchev–Trinajstić information content (AvgIpc) is 3.29. The Hall–Kier alpha value is -4.21. The van der Waals surface area contributed by atoms with Crippen LogP contribution in [0.3, 0.4) is 0 Å². The lowest BCUT2D eigenvalue weighted by molar-refractivity contribution is -0.142. The van der Waals surface area contributed by atoms with Crippen molar-refractivity contribution in [3.8, 4) is 17.1 Å².